The van der Waals surface area contributed by atoms with Gasteiger partial charge in [0.15, 0.2) is 0 Å². The van der Waals surface area contributed by atoms with Crippen LogP contribution >= 0.6 is 0 Å². The van der Waals surface area contributed by atoms with Gasteiger partial charge in [-0.25, -0.2) is 9.59 Å². The molecule has 1 saturated heterocycles. The van der Waals surface area contributed by atoms with E-state index in [2.05, 4.69) is 5.32 Å². The molecule has 0 atom stereocenters. The molecule has 0 bridgehead atoms. The summed E-state index contributed by atoms with van der Waals surface area (Å²) in [6.07, 6.45) is 1.93. The Labute approximate surface area is 118 Å². The summed E-state index contributed by atoms with van der Waals surface area (Å²) < 4.78 is 0. The molecule has 5 heteroatoms. The van der Waals surface area contributed by atoms with Gasteiger partial charge in [-0.05, 0) is 45.2 Å². The van der Waals surface area contributed by atoms with E-state index >= 15 is 0 Å². The minimum Gasteiger partial charge on any atom is -0.478 e. The number of carboxylic acids is 1. The van der Waals surface area contributed by atoms with Gasteiger partial charge < -0.3 is 15.3 Å². The molecule has 5 nitrogen and oxygen atoms in total. The predicted molar refractivity (Wildman–Crippen MR) is 77.2 cm³/mol. The van der Waals surface area contributed by atoms with Crippen molar-refractivity contribution < 1.29 is 14.7 Å². The van der Waals surface area contributed by atoms with Crippen LogP contribution in [0.4, 0.5) is 10.5 Å². The van der Waals surface area contributed by atoms with Gasteiger partial charge in [0.1, 0.15) is 0 Å². The predicted octanol–water partition coefficient (Wildman–Crippen LogP) is 3.10. The van der Waals surface area contributed by atoms with Crippen LogP contribution in [0.3, 0.4) is 0 Å². The molecule has 0 aliphatic carbocycles. The number of hydrogen-bond acceptors (Lipinski definition) is 2. The maximum atomic E-state index is 12.4. The Hall–Kier alpha value is -2.04. The van der Waals surface area contributed by atoms with Crippen molar-refractivity contribution in [3.63, 3.8) is 0 Å². The molecule has 108 valence electrons. The lowest BCUT2D eigenvalue weighted by Gasteiger charge is -2.32. The van der Waals surface area contributed by atoms with Crippen LogP contribution in [0.2, 0.25) is 0 Å². The van der Waals surface area contributed by atoms with E-state index in [0.29, 0.717) is 12.2 Å². The number of rotatable bonds is 2. The third-order valence-electron chi connectivity index (χ3n) is 3.88. The number of nitrogens with zero attached hydrogens (tertiary/aromatic N) is 1. The third-order valence-corrected chi connectivity index (χ3v) is 3.88. The highest BCUT2D eigenvalue weighted by Gasteiger charge is 2.35. The summed E-state index contributed by atoms with van der Waals surface area (Å²) in [4.78, 5) is 25.4. The summed E-state index contributed by atoms with van der Waals surface area (Å²) in [5.74, 6) is -1.04. The Kier molecular flexibility index (Phi) is 3.70. The zero-order chi connectivity index (χ0) is 14.9. The van der Waals surface area contributed by atoms with Gasteiger partial charge in [0.05, 0.1) is 11.3 Å². The van der Waals surface area contributed by atoms with E-state index in [4.69, 9.17) is 0 Å². The van der Waals surface area contributed by atoms with Crippen molar-refractivity contribution >= 4 is 17.7 Å². The SMILES string of the molecule is Cc1cccc(C(=O)O)c1NC(=O)N1CCCC1(C)C. The molecule has 1 aliphatic heterocycles. The first-order valence-electron chi connectivity index (χ1n) is 6.74. The van der Waals surface area contributed by atoms with Crippen LogP contribution in [-0.2, 0) is 0 Å². The van der Waals surface area contributed by atoms with Gasteiger partial charge >= 0.3 is 12.0 Å². The number of carbonyl (C=O) groups is 2. The lowest BCUT2D eigenvalue weighted by Crippen LogP contribution is -2.45. The van der Waals surface area contributed by atoms with Crippen molar-refractivity contribution in [2.24, 2.45) is 0 Å². The normalized spacial score (nSPS) is 17.1. The fourth-order valence-electron chi connectivity index (χ4n) is 2.67. The number of benzene rings is 1. The number of urea groups is 1. The lowest BCUT2D eigenvalue weighted by atomic mass is 10.0. The second-order valence-electron chi connectivity index (χ2n) is 5.80. The van der Waals surface area contributed by atoms with Gasteiger partial charge in [-0.1, -0.05) is 12.1 Å². The summed E-state index contributed by atoms with van der Waals surface area (Å²) in [5.41, 5.74) is 1.06. The quantitative estimate of drug-likeness (QED) is 0.872. The molecule has 0 aromatic heterocycles. The number of aromatic carboxylic acids is 1. The van der Waals surface area contributed by atoms with Gasteiger partial charge in [0.2, 0.25) is 0 Å². The third kappa shape index (κ3) is 2.61. The summed E-state index contributed by atoms with van der Waals surface area (Å²) >= 11 is 0. The molecule has 0 saturated carbocycles. The van der Waals surface area contributed by atoms with Gasteiger partial charge in [0.25, 0.3) is 0 Å². The van der Waals surface area contributed by atoms with Crippen molar-refractivity contribution in [1.29, 1.82) is 0 Å². The number of para-hydroxylation sites is 1. The van der Waals surface area contributed by atoms with Crippen LogP contribution in [0.25, 0.3) is 0 Å². The van der Waals surface area contributed by atoms with E-state index in [9.17, 15) is 14.7 Å². The lowest BCUT2D eigenvalue weighted by molar-refractivity contribution is 0.0698. The first kappa shape index (κ1) is 14.4. The molecule has 1 aromatic rings. The molecular formula is C15H20N2O3. The van der Waals surface area contributed by atoms with Gasteiger partial charge in [0, 0.05) is 12.1 Å². The van der Waals surface area contributed by atoms with E-state index in [0.717, 1.165) is 18.4 Å². The van der Waals surface area contributed by atoms with Crippen molar-refractivity contribution in [3.8, 4) is 0 Å². The zero-order valence-corrected chi connectivity index (χ0v) is 12.1. The fraction of sp³-hybridized carbons (Fsp3) is 0.467. The van der Waals surface area contributed by atoms with E-state index in [1.807, 2.05) is 13.8 Å². The Morgan fingerprint density at radius 2 is 2.05 bits per heavy atom. The second-order valence-corrected chi connectivity index (χ2v) is 5.80. The number of likely N-dealkylation sites (tertiary alicyclic amines) is 1. The Morgan fingerprint density at radius 3 is 2.60 bits per heavy atom. The molecule has 2 amide bonds. The van der Waals surface area contributed by atoms with Crippen molar-refractivity contribution in [1.82, 2.24) is 4.90 Å². The molecule has 2 rings (SSSR count). The Balaban J connectivity index is 2.26. The van der Waals surface area contributed by atoms with Gasteiger partial charge in [-0.2, -0.15) is 0 Å². The first-order valence-corrected chi connectivity index (χ1v) is 6.74. The summed E-state index contributed by atoms with van der Waals surface area (Å²) in [6, 6.07) is 4.73. The van der Waals surface area contributed by atoms with Crippen LogP contribution in [0.5, 0.6) is 0 Å². The van der Waals surface area contributed by atoms with E-state index in [1.165, 1.54) is 6.07 Å². The molecule has 20 heavy (non-hydrogen) atoms. The molecule has 1 aromatic carbocycles. The standard InChI is InChI=1S/C15H20N2O3/c1-10-6-4-7-11(13(18)19)12(10)16-14(20)17-9-5-8-15(17,2)3/h4,6-7H,5,8-9H2,1-3H3,(H,16,20)(H,18,19). The monoisotopic (exact) mass is 276 g/mol. The fourth-order valence-corrected chi connectivity index (χ4v) is 2.67. The van der Waals surface area contributed by atoms with Crippen molar-refractivity contribution in [3.05, 3.63) is 29.3 Å². The summed E-state index contributed by atoms with van der Waals surface area (Å²) in [5, 5.41) is 12.0. The number of amides is 2. The second kappa shape index (κ2) is 5.15. The highest BCUT2D eigenvalue weighted by atomic mass is 16.4. The van der Waals surface area contributed by atoms with Gasteiger partial charge in [-0.15, -0.1) is 0 Å². The average Bonchev–Trinajstić information content (AvgIpc) is 2.71. The average molecular weight is 276 g/mol. The molecule has 1 aliphatic rings. The number of hydrogen-bond donors (Lipinski definition) is 2. The highest BCUT2D eigenvalue weighted by Crippen LogP contribution is 2.29. The molecule has 0 unspecified atom stereocenters. The number of aryl methyl sites for hydroxylation is 1. The van der Waals surface area contributed by atoms with Gasteiger partial charge in [-0.3, -0.25) is 0 Å². The van der Waals surface area contributed by atoms with E-state index in [-0.39, 0.29) is 17.1 Å². The maximum absolute atomic E-state index is 12.4. The molecule has 0 radical (unpaired) electrons. The number of nitrogens with one attached hydrogen (secondary N) is 1. The molecular weight excluding hydrogens is 256 g/mol. The van der Waals surface area contributed by atoms with Crippen LogP contribution < -0.4 is 5.32 Å². The first-order chi connectivity index (χ1) is 9.33. The zero-order valence-electron chi connectivity index (χ0n) is 12.1. The highest BCUT2D eigenvalue weighted by molar-refractivity contribution is 6.01. The Morgan fingerprint density at radius 1 is 1.35 bits per heavy atom. The molecule has 2 N–H and O–H groups in total. The van der Waals surface area contributed by atoms with E-state index < -0.39 is 5.97 Å². The summed E-state index contributed by atoms with van der Waals surface area (Å²) in [6.45, 7) is 6.54. The van der Waals surface area contributed by atoms with Crippen LogP contribution in [0, 0.1) is 6.92 Å². The Bertz CT molecular complexity index is 552. The minimum atomic E-state index is -1.04. The topological polar surface area (TPSA) is 69.6 Å². The number of carbonyl (C=O) groups excluding carboxylic acids is 1. The molecule has 0 spiro atoms. The van der Waals surface area contributed by atoms with Crippen LogP contribution in [-0.4, -0.2) is 34.1 Å². The largest absolute Gasteiger partial charge is 0.478 e. The number of carboxylic acid groups (broad SMARTS) is 1. The smallest absolute Gasteiger partial charge is 0.337 e. The van der Waals surface area contributed by atoms with Crippen molar-refractivity contribution in [2.45, 2.75) is 39.2 Å². The molecule has 1 heterocycles. The molecule has 1 fully saturated rings. The van der Waals surface area contributed by atoms with Crippen molar-refractivity contribution in [2.75, 3.05) is 11.9 Å². The van der Waals surface area contributed by atoms with Crippen LogP contribution in [0.1, 0.15) is 42.6 Å². The number of anilines is 1. The minimum absolute atomic E-state index is 0.121. The van der Waals surface area contributed by atoms with Crippen LogP contribution in [0.15, 0.2) is 18.2 Å². The maximum Gasteiger partial charge on any atom is 0.337 e. The summed E-state index contributed by atoms with van der Waals surface area (Å²) in [7, 11) is 0. The van der Waals surface area contributed by atoms with E-state index in [1.54, 1.807) is 24.0 Å².